The largest absolute Gasteiger partial charge is 0.494 e. The summed E-state index contributed by atoms with van der Waals surface area (Å²) in [6.45, 7) is 2.82. The maximum Gasteiger partial charge on any atom is 0.343 e. The molecule has 0 bridgehead atoms. The number of carbonyl (C=O) groups excluding carboxylic acids is 2. The van der Waals surface area contributed by atoms with E-state index in [-0.39, 0.29) is 18.7 Å². The number of esters is 1. The lowest BCUT2D eigenvalue weighted by Crippen LogP contribution is -2.40. The molecule has 0 saturated heterocycles. The van der Waals surface area contributed by atoms with Crippen LogP contribution in [-0.4, -0.2) is 40.7 Å². The Kier molecular flexibility index (Phi) is 14.8. The molecule has 0 spiro atoms. The predicted molar refractivity (Wildman–Crippen MR) is 207 cm³/mol. The summed E-state index contributed by atoms with van der Waals surface area (Å²) in [6.07, 6.45) is 4.70. The van der Waals surface area contributed by atoms with Gasteiger partial charge in [0.2, 0.25) is 5.91 Å². The molecule has 1 amide bonds. The number of aliphatic hydroxyl groups is 1. The fourth-order valence-corrected chi connectivity index (χ4v) is 5.62. The van der Waals surface area contributed by atoms with Gasteiger partial charge in [0.15, 0.2) is 0 Å². The van der Waals surface area contributed by atoms with Gasteiger partial charge in [0.05, 0.1) is 18.6 Å². The zero-order valence-corrected chi connectivity index (χ0v) is 30.3. The van der Waals surface area contributed by atoms with Crippen molar-refractivity contribution in [3.05, 3.63) is 150 Å². The minimum Gasteiger partial charge on any atom is -0.494 e. The van der Waals surface area contributed by atoms with E-state index in [1.54, 1.807) is 72.8 Å². The third kappa shape index (κ3) is 12.6. The molecule has 0 aliphatic heterocycles. The fraction of sp³-hybridized carbons (Fsp3) is 0.250. The number of hydrogen-bond acceptors (Lipinski definition) is 8. The number of carbonyl (C=O) groups is 3. The number of aliphatic hydroxyl groups excluding tert-OH is 1. The highest BCUT2D eigenvalue weighted by Crippen LogP contribution is 2.23. The number of rotatable bonds is 20. The molecule has 5 aromatic carbocycles. The molecule has 280 valence electrons. The predicted octanol–water partition coefficient (Wildman–Crippen LogP) is 8.50. The van der Waals surface area contributed by atoms with Crippen LogP contribution in [0.25, 0.3) is 0 Å². The van der Waals surface area contributed by atoms with Gasteiger partial charge in [0, 0.05) is 5.69 Å². The summed E-state index contributed by atoms with van der Waals surface area (Å²) in [7, 11) is 0. The molecule has 0 aromatic heterocycles. The lowest BCUT2D eigenvalue weighted by atomic mass is 10.0. The molecule has 4 N–H and O–H groups in total. The van der Waals surface area contributed by atoms with Crippen molar-refractivity contribution in [3.63, 3.8) is 0 Å². The van der Waals surface area contributed by atoms with Gasteiger partial charge in [-0.25, -0.2) is 4.79 Å². The first-order valence-electron chi connectivity index (χ1n) is 18.2. The van der Waals surface area contributed by atoms with Crippen LogP contribution in [0.5, 0.6) is 23.0 Å². The molecule has 0 saturated carbocycles. The monoisotopic (exact) mass is 730 g/mol. The zero-order chi connectivity index (χ0) is 38.1. The second kappa shape index (κ2) is 20.3. The average molecular weight is 731 g/mol. The van der Waals surface area contributed by atoms with Gasteiger partial charge >= 0.3 is 11.9 Å². The van der Waals surface area contributed by atoms with Gasteiger partial charge in [0.25, 0.3) is 0 Å². The molecule has 0 fully saturated rings. The molecule has 0 aliphatic rings. The molecule has 0 aliphatic carbocycles. The highest BCUT2D eigenvalue weighted by atomic mass is 16.5. The Hall–Kier alpha value is -5.97. The Morgan fingerprint density at radius 1 is 0.667 bits per heavy atom. The molecule has 5 aromatic rings. The first kappa shape index (κ1) is 39.2. The van der Waals surface area contributed by atoms with Crippen LogP contribution in [0.3, 0.4) is 0 Å². The minimum absolute atomic E-state index is 0.0637. The summed E-state index contributed by atoms with van der Waals surface area (Å²) < 4.78 is 17.1. The van der Waals surface area contributed by atoms with Gasteiger partial charge in [-0.05, 0) is 102 Å². The number of unbranched alkanes of at least 4 members (excludes halogenated alkanes) is 4. The number of ether oxygens (including phenoxy) is 3. The van der Waals surface area contributed by atoms with Gasteiger partial charge in [-0.1, -0.05) is 87.2 Å². The maximum absolute atomic E-state index is 12.7. The summed E-state index contributed by atoms with van der Waals surface area (Å²) in [5, 5.41) is 26.3. The second-order valence-electron chi connectivity index (χ2n) is 12.9. The van der Waals surface area contributed by atoms with Crippen LogP contribution >= 0.6 is 0 Å². The van der Waals surface area contributed by atoms with E-state index in [1.165, 1.54) is 19.3 Å². The number of nitrogens with one attached hydrogen (secondary N) is 2. The third-order valence-corrected chi connectivity index (χ3v) is 8.61. The van der Waals surface area contributed by atoms with Gasteiger partial charge in [0.1, 0.15) is 35.3 Å². The van der Waals surface area contributed by atoms with E-state index in [1.807, 2.05) is 54.6 Å². The van der Waals surface area contributed by atoms with E-state index < -0.39 is 24.2 Å². The highest BCUT2D eigenvalue weighted by molar-refractivity contribution is 5.92. The molecular weight excluding hydrogens is 684 g/mol. The van der Waals surface area contributed by atoms with Gasteiger partial charge in [-0.3, -0.25) is 14.9 Å². The molecule has 5 rings (SSSR count). The summed E-state index contributed by atoms with van der Waals surface area (Å²) in [5.74, 6) is 0.529. The van der Waals surface area contributed by atoms with E-state index in [0.717, 1.165) is 24.2 Å². The highest BCUT2D eigenvalue weighted by Gasteiger charge is 2.22. The van der Waals surface area contributed by atoms with Crippen molar-refractivity contribution < 1.29 is 38.8 Å². The van der Waals surface area contributed by atoms with Crippen LogP contribution in [0.2, 0.25) is 0 Å². The summed E-state index contributed by atoms with van der Waals surface area (Å²) in [4.78, 5) is 37.5. The fourth-order valence-electron chi connectivity index (χ4n) is 5.62. The number of benzene rings is 5. The van der Waals surface area contributed by atoms with Crippen LogP contribution in [0.15, 0.2) is 127 Å². The maximum atomic E-state index is 12.7. The molecule has 54 heavy (non-hydrogen) atoms. The van der Waals surface area contributed by atoms with Crippen molar-refractivity contribution in [2.24, 2.45) is 0 Å². The Morgan fingerprint density at radius 3 is 1.94 bits per heavy atom. The van der Waals surface area contributed by atoms with E-state index in [4.69, 9.17) is 14.2 Å². The van der Waals surface area contributed by atoms with Crippen molar-refractivity contribution in [2.45, 2.75) is 64.1 Å². The third-order valence-electron chi connectivity index (χ3n) is 8.61. The quantitative estimate of drug-likeness (QED) is 0.0268. The number of aliphatic carboxylic acids is 1. The number of carboxylic acid groups (broad SMARTS) is 1. The van der Waals surface area contributed by atoms with Crippen molar-refractivity contribution in [2.75, 3.05) is 11.9 Å². The SMILES string of the molecule is CCCCCCCOc1ccc(C(=O)Oc2ccc(CC(NC(O)c3ccc(NC(=O)Cc4ccc(Oc5ccccc5)cc4)cc3)C(=O)O)cc2)cc1. The molecule has 0 radical (unpaired) electrons. The summed E-state index contributed by atoms with van der Waals surface area (Å²) in [5.41, 5.74) is 2.82. The second-order valence-corrected chi connectivity index (χ2v) is 12.9. The lowest BCUT2D eigenvalue weighted by molar-refractivity contribution is -0.140. The Balaban J connectivity index is 1.06. The van der Waals surface area contributed by atoms with Gasteiger partial charge in [-0.15, -0.1) is 0 Å². The molecule has 10 heteroatoms. The van der Waals surface area contributed by atoms with Gasteiger partial charge in [-0.2, -0.15) is 0 Å². The van der Waals surface area contributed by atoms with E-state index in [9.17, 15) is 24.6 Å². The van der Waals surface area contributed by atoms with Crippen molar-refractivity contribution >= 4 is 23.5 Å². The van der Waals surface area contributed by atoms with Crippen molar-refractivity contribution in [3.8, 4) is 23.0 Å². The molecule has 10 nitrogen and oxygen atoms in total. The van der Waals surface area contributed by atoms with Crippen LogP contribution in [-0.2, 0) is 22.4 Å². The van der Waals surface area contributed by atoms with Crippen LogP contribution in [0.1, 0.15) is 72.3 Å². The summed E-state index contributed by atoms with van der Waals surface area (Å²) in [6, 6.07) is 35.5. The Morgan fingerprint density at radius 2 is 1.28 bits per heavy atom. The Labute approximate surface area is 315 Å². The standard InChI is InChI=1S/C44H46N2O8/c1-2-3-4-5-9-28-52-36-26-18-34(19-27-36)44(51)54-39-24-12-31(13-25-39)29-40(43(49)50)46-42(48)33-16-20-35(21-17-33)45-41(47)30-32-14-22-38(23-15-32)53-37-10-7-6-8-11-37/h6-8,10-27,40,42,46,48H,2-5,9,28-30H2,1H3,(H,45,47)(H,49,50). The van der Waals surface area contributed by atoms with E-state index in [2.05, 4.69) is 17.6 Å². The topological polar surface area (TPSA) is 143 Å². The smallest absolute Gasteiger partial charge is 0.343 e. The number of hydrogen-bond donors (Lipinski definition) is 4. The number of anilines is 1. The van der Waals surface area contributed by atoms with Gasteiger partial charge < -0.3 is 29.7 Å². The van der Waals surface area contributed by atoms with E-state index in [0.29, 0.717) is 46.2 Å². The lowest BCUT2D eigenvalue weighted by Gasteiger charge is -2.20. The molecular formula is C44H46N2O8. The number of para-hydroxylation sites is 1. The van der Waals surface area contributed by atoms with Crippen LogP contribution in [0, 0.1) is 0 Å². The number of amides is 1. The van der Waals surface area contributed by atoms with Crippen LogP contribution in [0.4, 0.5) is 5.69 Å². The first-order chi connectivity index (χ1) is 26.2. The van der Waals surface area contributed by atoms with Crippen LogP contribution < -0.4 is 24.8 Å². The van der Waals surface area contributed by atoms with E-state index >= 15 is 0 Å². The average Bonchev–Trinajstić information content (AvgIpc) is 3.18. The Bertz CT molecular complexity index is 1910. The van der Waals surface area contributed by atoms with Crippen molar-refractivity contribution in [1.82, 2.24) is 5.32 Å². The number of carboxylic acids is 1. The summed E-state index contributed by atoms with van der Waals surface area (Å²) >= 11 is 0. The molecule has 0 heterocycles. The zero-order valence-electron chi connectivity index (χ0n) is 30.3. The molecule has 2 atom stereocenters. The normalized spacial score (nSPS) is 12.0. The first-order valence-corrected chi connectivity index (χ1v) is 18.2. The molecule has 2 unspecified atom stereocenters. The minimum atomic E-state index is -1.28. The van der Waals surface area contributed by atoms with Crippen molar-refractivity contribution in [1.29, 1.82) is 0 Å².